The first-order valence-corrected chi connectivity index (χ1v) is 9.67. The molecule has 0 aliphatic heterocycles. The van der Waals surface area contributed by atoms with Crippen LogP contribution in [0, 0.1) is 6.92 Å². The number of hydrogen-bond donors (Lipinski definition) is 0. The topological polar surface area (TPSA) is 18.5 Å². The summed E-state index contributed by atoms with van der Waals surface area (Å²) in [6, 6.07) is 17.2. The predicted octanol–water partition coefficient (Wildman–Crippen LogP) is 3.94. The van der Waals surface area contributed by atoms with Crippen LogP contribution in [-0.2, 0) is 8.85 Å². The van der Waals surface area contributed by atoms with E-state index >= 15 is 0 Å². The van der Waals surface area contributed by atoms with Gasteiger partial charge in [-0.1, -0.05) is 62.4 Å². The Labute approximate surface area is 135 Å². The predicted molar refractivity (Wildman–Crippen MR) is 95.9 cm³/mol. The van der Waals surface area contributed by atoms with Crippen molar-refractivity contribution in [2.45, 2.75) is 33.6 Å². The zero-order valence-corrected chi connectivity index (χ0v) is 15.0. The van der Waals surface area contributed by atoms with E-state index in [1.807, 2.05) is 0 Å². The molecule has 3 heteroatoms. The van der Waals surface area contributed by atoms with Gasteiger partial charge < -0.3 is 8.85 Å². The van der Waals surface area contributed by atoms with Gasteiger partial charge >= 0.3 is 9.28 Å². The van der Waals surface area contributed by atoms with E-state index in [0.717, 1.165) is 26.1 Å². The highest BCUT2D eigenvalue weighted by Gasteiger charge is 2.16. The second-order valence-corrected chi connectivity index (χ2v) is 7.51. The summed E-state index contributed by atoms with van der Waals surface area (Å²) in [6.45, 7) is 7.97. The average Bonchev–Trinajstić information content (AvgIpc) is 2.56. The van der Waals surface area contributed by atoms with Gasteiger partial charge in [-0.15, -0.1) is 0 Å². The van der Waals surface area contributed by atoms with Crippen LogP contribution in [-0.4, -0.2) is 22.5 Å². The minimum Gasteiger partial charge on any atom is -0.393 e. The maximum Gasteiger partial charge on any atom is 0.355 e. The normalized spacial score (nSPS) is 11.1. The molecule has 0 atom stereocenters. The minimum atomic E-state index is -1.75. The maximum absolute atomic E-state index is 5.97. The fraction of sp³-hybridized carbons (Fsp3) is 0.368. The Morgan fingerprint density at radius 1 is 0.818 bits per heavy atom. The second-order valence-electron chi connectivity index (χ2n) is 5.51. The largest absolute Gasteiger partial charge is 0.393 e. The third-order valence-corrected chi connectivity index (χ3v) is 5.59. The smallest absolute Gasteiger partial charge is 0.355 e. The Bertz CT molecular complexity index is 558. The fourth-order valence-electron chi connectivity index (χ4n) is 2.41. The molecule has 0 radical (unpaired) electrons. The molecular formula is C19H26O2Si. The van der Waals surface area contributed by atoms with Crippen molar-refractivity contribution < 1.29 is 8.85 Å². The van der Waals surface area contributed by atoms with Gasteiger partial charge in [-0.05, 0) is 41.6 Å². The van der Waals surface area contributed by atoms with Crippen LogP contribution >= 0.6 is 0 Å². The van der Waals surface area contributed by atoms with Crippen molar-refractivity contribution in [2.75, 3.05) is 13.2 Å². The molecule has 2 rings (SSSR count). The lowest BCUT2D eigenvalue weighted by Gasteiger charge is -2.17. The molecule has 0 heterocycles. The van der Waals surface area contributed by atoms with E-state index in [0.29, 0.717) is 0 Å². The Morgan fingerprint density at radius 3 is 1.95 bits per heavy atom. The molecule has 0 saturated heterocycles. The molecule has 118 valence electrons. The summed E-state index contributed by atoms with van der Waals surface area (Å²) in [7, 11) is -1.75. The molecule has 0 fully saturated rings. The number of hydrogen-bond acceptors (Lipinski definition) is 2. The zero-order valence-electron chi connectivity index (χ0n) is 13.8. The lowest BCUT2D eigenvalue weighted by atomic mass is 10.0. The monoisotopic (exact) mass is 314 g/mol. The SMILES string of the molecule is CCCO[SiH](OCCC)c1ccc(-c2ccccc2C)cc1. The molecule has 0 aromatic heterocycles. The number of aryl methyl sites for hydroxylation is 1. The van der Waals surface area contributed by atoms with E-state index in [-0.39, 0.29) is 0 Å². The molecule has 0 N–H and O–H groups in total. The van der Waals surface area contributed by atoms with Crippen molar-refractivity contribution >= 4 is 14.5 Å². The number of benzene rings is 2. The minimum absolute atomic E-state index is 0.778. The summed E-state index contributed by atoms with van der Waals surface area (Å²) in [4.78, 5) is 0. The van der Waals surface area contributed by atoms with E-state index in [1.165, 1.54) is 21.9 Å². The van der Waals surface area contributed by atoms with Gasteiger partial charge in [0.15, 0.2) is 0 Å². The van der Waals surface area contributed by atoms with Crippen molar-refractivity contribution in [3.8, 4) is 11.1 Å². The van der Waals surface area contributed by atoms with E-state index in [4.69, 9.17) is 8.85 Å². The van der Waals surface area contributed by atoms with E-state index in [9.17, 15) is 0 Å². The first-order chi connectivity index (χ1) is 10.8. The summed E-state index contributed by atoms with van der Waals surface area (Å²) in [5.74, 6) is 0. The highest BCUT2D eigenvalue weighted by molar-refractivity contribution is 6.61. The summed E-state index contributed by atoms with van der Waals surface area (Å²) >= 11 is 0. The molecule has 22 heavy (non-hydrogen) atoms. The van der Waals surface area contributed by atoms with Gasteiger partial charge in [-0.3, -0.25) is 0 Å². The summed E-state index contributed by atoms with van der Waals surface area (Å²) in [6.07, 6.45) is 2.06. The quantitative estimate of drug-likeness (QED) is 0.687. The van der Waals surface area contributed by atoms with Crippen LogP contribution < -0.4 is 5.19 Å². The van der Waals surface area contributed by atoms with Gasteiger partial charge in [0.1, 0.15) is 0 Å². The molecule has 0 amide bonds. The van der Waals surface area contributed by atoms with Crippen LogP contribution in [0.3, 0.4) is 0 Å². The third kappa shape index (κ3) is 4.53. The molecule has 2 nitrogen and oxygen atoms in total. The van der Waals surface area contributed by atoms with Gasteiger partial charge in [0.2, 0.25) is 0 Å². The third-order valence-electron chi connectivity index (χ3n) is 3.59. The first kappa shape index (κ1) is 16.9. The van der Waals surface area contributed by atoms with E-state index in [2.05, 4.69) is 69.3 Å². The van der Waals surface area contributed by atoms with Crippen molar-refractivity contribution in [2.24, 2.45) is 0 Å². The maximum atomic E-state index is 5.97. The Balaban J connectivity index is 2.16. The second kappa shape index (κ2) is 8.88. The van der Waals surface area contributed by atoms with Gasteiger partial charge in [0.05, 0.1) is 0 Å². The molecule has 0 saturated carbocycles. The number of rotatable bonds is 8. The molecule has 0 spiro atoms. The molecule has 2 aromatic rings. The van der Waals surface area contributed by atoms with E-state index < -0.39 is 9.28 Å². The Morgan fingerprint density at radius 2 is 1.41 bits per heavy atom. The van der Waals surface area contributed by atoms with Crippen LogP contribution in [0.25, 0.3) is 11.1 Å². The van der Waals surface area contributed by atoms with Crippen molar-refractivity contribution in [3.05, 3.63) is 54.1 Å². The van der Waals surface area contributed by atoms with Crippen LogP contribution in [0.5, 0.6) is 0 Å². The highest BCUT2D eigenvalue weighted by Crippen LogP contribution is 2.22. The Hall–Kier alpha value is -1.42. The van der Waals surface area contributed by atoms with Gasteiger partial charge in [0, 0.05) is 13.2 Å². The van der Waals surface area contributed by atoms with Crippen molar-refractivity contribution in [1.29, 1.82) is 0 Å². The molecule has 0 bridgehead atoms. The fourth-order valence-corrected chi connectivity index (χ4v) is 4.29. The zero-order chi connectivity index (χ0) is 15.8. The summed E-state index contributed by atoms with van der Waals surface area (Å²) < 4.78 is 11.9. The van der Waals surface area contributed by atoms with Crippen molar-refractivity contribution in [3.63, 3.8) is 0 Å². The van der Waals surface area contributed by atoms with Crippen LogP contribution in [0.2, 0.25) is 0 Å². The first-order valence-electron chi connectivity index (χ1n) is 8.15. The lowest BCUT2D eigenvalue weighted by Crippen LogP contribution is -2.37. The van der Waals surface area contributed by atoms with Crippen molar-refractivity contribution in [1.82, 2.24) is 0 Å². The lowest BCUT2D eigenvalue weighted by molar-refractivity contribution is 0.207. The van der Waals surface area contributed by atoms with Gasteiger partial charge in [0.25, 0.3) is 0 Å². The summed E-state index contributed by atoms with van der Waals surface area (Å²) in [5, 5.41) is 1.22. The molecule has 0 unspecified atom stereocenters. The summed E-state index contributed by atoms with van der Waals surface area (Å²) in [5.41, 5.74) is 3.84. The van der Waals surface area contributed by atoms with E-state index in [1.54, 1.807) is 0 Å². The molecular weight excluding hydrogens is 288 g/mol. The highest BCUT2D eigenvalue weighted by atomic mass is 28.3. The van der Waals surface area contributed by atoms with Crippen LogP contribution in [0.15, 0.2) is 48.5 Å². The van der Waals surface area contributed by atoms with Crippen LogP contribution in [0.1, 0.15) is 32.3 Å². The standard InChI is InChI=1S/C19H26O2Si/c1-4-14-20-22(21-15-5-2)18-12-10-17(11-13-18)19-9-7-6-8-16(19)3/h6-13,22H,4-5,14-15H2,1-3H3. The molecule has 2 aromatic carbocycles. The van der Waals surface area contributed by atoms with Crippen LogP contribution in [0.4, 0.5) is 0 Å². The Kier molecular flexibility index (Phi) is 6.84. The van der Waals surface area contributed by atoms with Gasteiger partial charge in [-0.25, -0.2) is 0 Å². The average molecular weight is 315 g/mol. The molecule has 0 aliphatic rings. The van der Waals surface area contributed by atoms with Gasteiger partial charge in [-0.2, -0.15) is 0 Å². The molecule has 0 aliphatic carbocycles.